The van der Waals surface area contributed by atoms with Crippen LogP contribution >= 0.6 is 0 Å². The van der Waals surface area contributed by atoms with Crippen molar-refractivity contribution < 1.29 is 14.0 Å². The van der Waals surface area contributed by atoms with Gasteiger partial charge in [0.15, 0.2) is 5.76 Å². The molecule has 4 rings (SSSR count). The lowest BCUT2D eigenvalue weighted by molar-refractivity contribution is -0.123. The maximum absolute atomic E-state index is 12.2. The summed E-state index contributed by atoms with van der Waals surface area (Å²) in [5.74, 6) is 1.27. The van der Waals surface area contributed by atoms with Gasteiger partial charge in [-0.1, -0.05) is 18.2 Å². The van der Waals surface area contributed by atoms with Crippen molar-refractivity contribution in [2.75, 3.05) is 11.9 Å². The molecule has 1 aromatic heterocycles. The number of allylic oxidation sites excluding steroid dienone is 2. The average Bonchev–Trinajstić information content (AvgIpc) is 3.42. The van der Waals surface area contributed by atoms with Gasteiger partial charge in [0.25, 0.3) is 0 Å². The van der Waals surface area contributed by atoms with Crippen molar-refractivity contribution >= 4 is 23.6 Å². The number of rotatable bonds is 6. The molecule has 7 heteroatoms. The van der Waals surface area contributed by atoms with Crippen LogP contribution in [0.3, 0.4) is 0 Å². The van der Waals surface area contributed by atoms with Crippen molar-refractivity contribution in [3.8, 4) is 11.3 Å². The summed E-state index contributed by atoms with van der Waals surface area (Å²) in [7, 11) is 0. The van der Waals surface area contributed by atoms with Crippen molar-refractivity contribution in [2.45, 2.75) is 31.3 Å². The summed E-state index contributed by atoms with van der Waals surface area (Å²) >= 11 is 0. The molecule has 28 heavy (non-hydrogen) atoms. The Morgan fingerprint density at radius 2 is 2.14 bits per heavy atom. The molecule has 1 unspecified atom stereocenters. The highest BCUT2D eigenvalue weighted by molar-refractivity contribution is 5.83. The smallest absolute Gasteiger partial charge is 0.237 e. The van der Waals surface area contributed by atoms with Crippen LogP contribution in [-0.4, -0.2) is 35.9 Å². The number of benzene rings is 1. The highest BCUT2D eigenvalue weighted by Crippen LogP contribution is 2.27. The van der Waals surface area contributed by atoms with Gasteiger partial charge in [-0.15, -0.1) is 0 Å². The normalized spacial score (nSPS) is 21.2. The van der Waals surface area contributed by atoms with Crippen LogP contribution in [0, 0.1) is 0 Å². The quantitative estimate of drug-likeness (QED) is 0.671. The Morgan fingerprint density at radius 1 is 1.29 bits per heavy atom. The molecule has 2 aromatic rings. The lowest BCUT2D eigenvalue weighted by Crippen LogP contribution is -2.44. The number of hydrogen-bond donors (Lipinski definition) is 3. The van der Waals surface area contributed by atoms with Crippen LogP contribution in [0.25, 0.3) is 16.9 Å². The standard InChI is InChI=1S/C21H22N4O3/c26-13-24-16-7-3-14(4-8-16)19-12-23-21(28-19)15-5-9-17(10-6-15)25-20(27)18-2-1-11-22-18/h3-9,12-13,17-18,22H,1-2,10-11H2,(H,24,26)(H,25,27)/t17?,18-/m0/s1. The molecule has 0 bridgehead atoms. The SMILES string of the molecule is O=CNc1ccc(-c2cnc(C3=CCC(NC(=O)[C@@H]4CCCN4)C=C3)o2)cc1. The second-order valence-electron chi connectivity index (χ2n) is 6.89. The first-order valence-corrected chi connectivity index (χ1v) is 9.42. The number of oxazole rings is 1. The lowest BCUT2D eigenvalue weighted by Gasteiger charge is -2.19. The van der Waals surface area contributed by atoms with Crippen LogP contribution in [0.1, 0.15) is 25.2 Å². The zero-order valence-electron chi connectivity index (χ0n) is 15.4. The van der Waals surface area contributed by atoms with Crippen LogP contribution < -0.4 is 16.0 Å². The van der Waals surface area contributed by atoms with E-state index in [1.807, 2.05) is 30.4 Å². The largest absolute Gasteiger partial charge is 0.436 e. The molecule has 3 N–H and O–H groups in total. The molecular weight excluding hydrogens is 356 g/mol. The van der Waals surface area contributed by atoms with Gasteiger partial charge in [0.05, 0.1) is 18.3 Å². The summed E-state index contributed by atoms with van der Waals surface area (Å²) in [6, 6.07) is 7.26. The first-order chi connectivity index (χ1) is 13.7. The van der Waals surface area contributed by atoms with Crippen molar-refractivity contribution in [2.24, 2.45) is 0 Å². The second-order valence-corrected chi connectivity index (χ2v) is 6.89. The minimum absolute atomic E-state index is 0.00838. The van der Waals surface area contributed by atoms with Gasteiger partial charge >= 0.3 is 0 Å². The van der Waals surface area contributed by atoms with Gasteiger partial charge < -0.3 is 20.4 Å². The highest BCUT2D eigenvalue weighted by Gasteiger charge is 2.24. The third-order valence-corrected chi connectivity index (χ3v) is 4.95. The van der Waals surface area contributed by atoms with Gasteiger partial charge in [0.2, 0.25) is 18.2 Å². The number of amides is 2. The Hall–Kier alpha value is -3.19. The van der Waals surface area contributed by atoms with Gasteiger partial charge in [-0.05, 0) is 50.1 Å². The minimum atomic E-state index is -0.0683. The number of carbonyl (C=O) groups is 2. The van der Waals surface area contributed by atoms with Gasteiger partial charge in [0.1, 0.15) is 0 Å². The Balaban J connectivity index is 1.38. The van der Waals surface area contributed by atoms with E-state index < -0.39 is 0 Å². The van der Waals surface area contributed by atoms with Crippen LogP contribution in [0.5, 0.6) is 0 Å². The lowest BCUT2D eigenvalue weighted by atomic mass is 10.0. The van der Waals surface area contributed by atoms with Crippen LogP contribution in [0.15, 0.2) is 53.1 Å². The van der Waals surface area contributed by atoms with E-state index in [0.29, 0.717) is 24.5 Å². The first kappa shape index (κ1) is 18.2. The van der Waals surface area contributed by atoms with Gasteiger partial charge in [-0.2, -0.15) is 0 Å². The highest BCUT2D eigenvalue weighted by atomic mass is 16.4. The van der Waals surface area contributed by atoms with Crippen molar-refractivity contribution in [3.63, 3.8) is 0 Å². The van der Waals surface area contributed by atoms with E-state index in [1.165, 1.54) is 0 Å². The molecule has 1 fully saturated rings. The van der Waals surface area contributed by atoms with E-state index in [1.54, 1.807) is 18.3 Å². The number of anilines is 1. The van der Waals surface area contributed by atoms with Gasteiger partial charge in [-0.3, -0.25) is 9.59 Å². The molecule has 2 aliphatic rings. The fourth-order valence-electron chi connectivity index (χ4n) is 3.42. The minimum Gasteiger partial charge on any atom is -0.436 e. The maximum atomic E-state index is 12.2. The number of carbonyl (C=O) groups excluding carboxylic acids is 2. The third kappa shape index (κ3) is 4.04. The Morgan fingerprint density at radius 3 is 2.82 bits per heavy atom. The molecule has 2 amide bonds. The second kappa shape index (κ2) is 8.22. The van der Waals surface area contributed by atoms with Crippen LogP contribution in [-0.2, 0) is 9.59 Å². The molecule has 1 saturated heterocycles. The summed E-state index contributed by atoms with van der Waals surface area (Å²) in [6.07, 6.45) is 10.9. The molecule has 144 valence electrons. The van der Waals surface area contributed by atoms with E-state index in [9.17, 15) is 9.59 Å². The molecule has 0 radical (unpaired) electrons. The molecule has 1 aliphatic carbocycles. The molecule has 1 aromatic carbocycles. The van der Waals surface area contributed by atoms with Crippen molar-refractivity contribution in [1.82, 2.24) is 15.6 Å². The number of nitrogens with one attached hydrogen (secondary N) is 3. The average molecular weight is 378 g/mol. The van der Waals surface area contributed by atoms with E-state index in [4.69, 9.17) is 4.42 Å². The van der Waals surface area contributed by atoms with Crippen molar-refractivity contribution in [3.05, 3.63) is 54.6 Å². The van der Waals surface area contributed by atoms with E-state index in [0.717, 1.165) is 36.2 Å². The van der Waals surface area contributed by atoms with E-state index in [-0.39, 0.29) is 18.0 Å². The molecule has 2 heterocycles. The van der Waals surface area contributed by atoms with Crippen LogP contribution in [0.4, 0.5) is 5.69 Å². The third-order valence-electron chi connectivity index (χ3n) is 4.95. The summed E-state index contributed by atoms with van der Waals surface area (Å²) in [5.41, 5.74) is 2.50. The number of aromatic nitrogens is 1. The summed E-state index contributed by atoms with van der Waals surface area (Å²) in [6.45, 7) is 0.908. The zero-order valence-corrected chi connectivity index (χ0v) is 15.4. The van der Waals surface area contributed by atoms with Crippen LogP contribution in [0.2, 0.25) is 0 Å². The zero-order chi connectivity index (χ0) is 19.3. The Kier molecular flexibility index (Phi) is 5.34. The Bertz CT molecular complexity index is 908. The fraction of sp³-hybridized carbons (Fsp3) is 0.286. The van der Waals surface area contributed by atoms with E-state index in [2.05, 4.69) is 20.9 Å². The molecule has 0 saturated carbocycles. The summed E-state index contributed by atoms with van der Waals surface area (Å²) in [4.78, 5) is 27.1. The Labute approximate surface area is 162 Å². The number of nitrogens with zero attached hydrogens (tertiary/aromatic N) is 1. The molecular formula is C21H22N4O3. The topological polar surface area (TPSA) is 96.3 Å². The van der Waals surface area contributed by atoms with Gasteiger partial charge in [0, 0.05) is 16.8 Å². The first-order valence-electron chi connectivity index (χ1n) is 9.42. The molecule has 7 nitrogen and oxygen atoms in total. The van der Waals surface area contributed by atoms with E-state index >= 15 is 0 Å². The number of hydrogen-bond acceptors (Lipinski definition) is 5. The summed E-state index contributed by atoms with van der Waals surface area (Å²) < 4.78 is 5.89. The predicted octanol–water partition coefficient (Wildman–Crippen LogP) is 2.49. The molecule has 2 atom stereocenters. The maximum Gasteiger partial charge on any atom is 0.237 e. The summed E-state index contributed by atoms with van der Waals surface area (Å²) in [5, 5.41) is 8.88. The predicted molar refractivity (Wildman–Crippen MR) is 106 cm³/mol. The fourth-order valence-corrected chi connectivity index (χ4v) is 3.42. The van der Waals surface area contributed by atoms with Crippen molar-refractivity contribution in [1.29, 1.82) is 0 Å². The monoisotopic (exact) mass is 378 g/mol. The molecule has 0 spiro atoms. The van der Waals surface area contributed by atoms with Gasteiger partial charge in [-0.25, -0.2) is 4.98 Å². The molecule has 1 aliphatic heterocycles.